The molecule has 1 unspecified atom stereocenters. The molecule has 0 radical (unpaired) electrons. The second-order valence-corrected chi connectivity index (χ2v) is 7.52. The monoisotopic (exact) mass is 346 g/mol. The summed E-state index contributed by atoms with van der Waals surface area (Å²) in [5.41, 5.74) is 3.64. The molecule has 3 aromatic rings. The summed E-state index contributed by atoms with van der Waals surface area (Å²) in [6, 6.07) is 11.0. The molecule has 25 heavy (non-hydrogen) atoms. The number of anilines is 2. The number of aromatic nitrogens is 2. The van der Waals surface area contributed by atoms with Gasteiger partial charge in [-0.1, -0.05) is 30.0 Å². The minimum absolute atomic E-state index is 0.334. The number of benzene rings is 1. The Kier molecular flexibility index (Phi) is 3.66. The molecule has 2 aliphatic rings. The van der Waals surface area contributed by atoms with E-state index < -0.39 is 0 Å². The van der Waals surface area contributed by atoms with E-state index in [-0.39, 0.29) is 0 Å². The van der Waals surface area contributed by atoms with Crippen molar-refractivity contribution >= 4 is 33.1 Å². The molecule has 4 nitrogen and oxygen atoms in total. The van der Waals surface area contributed by atoms with Crippen LogP contribution < -0.4 is 10.2 Å². The van der Waals surface area contributed by atoms with Crippen LogP contribution in [0.3, 0.4) is 0 Å². The van der Waals surface area contributed by atoms with Gasteiger partial charge in [0.25, 0.3) is 0 Å². The lowest BCUT2D eigenvalue weighted by Gasteiger charge is -2.18. The summed E-state index contributed by atoms with van der Waals surface area (Å²) < 4.78 is 1.13. The largest absolute Gasteiger partial charge is 0.324 e. The van der Waals surface area contributed by atoms with Crippen LogP contribution in [0.1, 0.15) is 23.3 Å². The van der Waals surface area contributed by atoms with Crippen molar-refractivity contribution in [3.63, 3.8) is 0 Å². The van der Waals surface area contributed by atoms with Crippen LogP contribution in [-0.4, -0.2) is 29.1 Å². The SMILES string of the molecule is C(#CC1CCCN1)c1cc2ncnc(N3CCc4ccccc43)c2s1. The number of hydrogen-bond acceptors (Lipinski definition) is 5. The molecule has 2 aliphatic heterocycles. The Balaban J connectivity index is 1.54. The van der Waals surface area contributed by atoms with Gasteiger partial charge in [0.15, 0.2) is 5.82 Å². The van der Waals surface area contributed by atoms with Crippen LogP contribution in [0.25, 0.3) is 10.2 Å². The molecule has 0 amide bonds. The Bertz CT molecular complexity index is 992. The third-order valence-corrected chi connectivity index (χ3v) is 5.90. The summed E-state index contributed by atoms with van der Waals surface area (Å²) in [6.45, 7) is 2.05. The zero-order valence-electron chi connectivity index (χ0n) is 13.8. The predicted molar refractivity (Wildman–Crippen MR) is 102 cm³/mol. The number of nitrogens with one attached hydrogen (secondary N) is 1. The van der Waals surface area contributed by atoms with Crippen molar-refractivity contribution in [1.82, 2.24) is 15.3 Å². The van der Waals surface area contributed by atoms with Gasteiger partial charge in [-0.15, -0.1) is 11.3 Å². The molecule has 4 heterocycles. The first-order valence-electron chi connectivity index (χ1n) is 8.73. The average Bonchev–Trinajstić information content (AvgIpc) is 3.38. The normalized spacial score (nSPS) is 19.0. The Hall–Kier alpha value is -2.42. The van der Waals surface area contributed by atoms with Crippen LogP contribution in [0.15, 0.2) is 36.7 Å². The minimum Gasteiger partial charge on any atom is -0.324 e. The quantitative estimate of drug-likeness (QED) is 0.685. The van der Waals surface area contributed by atoms with E-state index >= 15 is 0 Å². The zero-order chi connectivity index (χ0) is 16.6. The molecule has 5 rings (SSSR count). The van der Waals surface area contributed by atoms with E-state index in [1.165, 1.54) is 17.7 Å². The predicted octanol–water partition coefficient (Wildman–Crippen LogP) is 3.49. The van der Waals surface area contributed by atoms with E-state index in [0.29, 0.717) is 6.04 Å². The molecule has 1 aromatic carbocycles. The molecule has 0 bridgehead atoms. The third kappa shape index (κ3) is 2.68. The lowest BCUT2D eigenvalue weighted by molar-refractivity contribution is 0.749. The van der Waals surface area contributed by atoms with Crippen LogP contribution in [0.4, 0.5) is 11.5 Å². The summed E-state index contributed by atoms with van der Waals surface area (Å²) >= 11 is 1.70. The Morgan fingerprint density at radius 3 is 3.12 bits per heavy atom. The average molecular weight is 346 g/mol. The van der Waals surface area contributed by atoms with E-state index in [2.05, 4.69) is 62.4 Å². The van der Waals surface area contributed by atoms with Gasteiger partial charge in [0.05, 0.1) is 21.1 Å². The topological polar surface area (TPSA) is 41.1 Å². The number of fused-ring (bicyclic) bond motifs is 2. The highest BCUT2D eigenvalue weighted by Crippen LogP contribution is 2.38. The fourth-order valence-corrected chi connectivity index (χ4v) is 4.59. The van der Waals surface area contributed by atoms with Crippen molar-refractivity contribution in [2.45, 2.75) is 25.3 Å². The van der Waals surface area contributed by atoms with Crippen LogP contribution in [-0.2, 0) is 6.42 Å². The fourth-order valence-electron chi connectivity index (χ4n) is 3.62. The van der Waals surface area contributed by atoms with Crippen LogP contribution >= 0.6 is 11.3 Å². The van der Waals surface area contributed by atoms with E-state index in [1.807, 2.05) is 0 Å². The molecule has 1 saturated heterocycles. The summed E-state index contributed by atoms with van der Waals surface area (Å²) in [4.78, 5) is 12.4. The number of nitrogens with zero attached hydrogens (tertiary/aromatic N) is 3. The first-order valence-corrected chi connectivity index (χ1v) is 9.55. The standard InChI is InChI=1S/C20H18N4S/c1-2-6-18-14(4-1)9-11-24(18)20-19-17(22-13-23-20)12-16(25-19)8-7-15-5-3-10-21-15/h1-2,4,6,12-13,15,21H,3,5,9-11H2. The van der Waals surface area contributed by atoms with E-state index in [0.717, 1.165) is 46.8 Å². The molecular formula is C20H18N4S. The van der Waals surface area contributed by atoms with E-state index in [1.54, 1.807) is 17.7 Å². The molecule has 5 heteroatoms. The van der Waals surface area contributed by atoms with Crippen molar-refractivity contribution in [1.29, 1.82) is 0 Å². The van der Waals surface area contributed by atoms with Gasteiger partial charge in [0, 0.05) is 12.2 Å². The van der Waals surface area contributed by atoms with E-state index in [4.69, 9.17) is 0 Å². The summed E-state index contributed by atoms with van der Waals surface area (Å²) in [7, 11) is 0. The van der Waals surface area contributed by atoms with Crippen LogP contribution in [0, 0.1) is 11.8 Å². The molecule has 0 aliphatic carbocycles. The van der Waals surface area contributed by atoms with Gasteiger partial charge < -0.3 is 10.2 Å². The number of hydrogen-bond donors (Lipinski definition) is 1. The maximum Gasteiger partial charge on any atom is 0.154 e. The smallest absolute Gasteiger partial charge is 0.154 e. The molecule has 0 spiro atoms. The third-order valence-electron chi connectivity index (χ3n) is 4.87. The molecule has 1 atom stereocenters. The number of rotatable bonds is 1. The molecule has 1 N–H and O–H groups in total. The summed E-state index contributed by atoms with van der Waals surface area (Å²) in [5.74, 6) is 7.69. The van der Waals surface area contributed by atoms with Gasteiger partial charge in [-0.05, 0) is 43.5 Å². The van der Waals surface area contributed by atoms with Crippen molar-refractivity contribution in [3.8, 4) is 11.8 Å². The van der Waals surface area contributed by atoms with E-state index in [9.17, 15) is 0 Å². The molecule has 2 aromatic heterocycles. The Labute approximate surface area is 150 Å². The maximum atomic E-state index is 4.60. The number of thiophene rings is 1. The highest BCUT2D eigenvalue weighted by Gasteiger charge is 2.23. The summed E-state index contributed by atoms with van der Waals surface area (Å²) in [6.07, 6.45) is 5.09. The summed E-state index contributed by atoms with van der Waals surface area (Å²) in [5, 5.41) is 3.42. The van der Waals surface area contributed by atoms with Crippen molar-refractivity contribution in [3.05, 3.63) is 47.1 Å². The van der Waals surface area contributed by atoms with Crippen molar-refractivity contribution in [2.24, 2.45) is 0 Å². The first-order chi connectivity index (χ1) is 12.4. The molecule has 0 saturated carbocycles. The Morgan fingerprint density at radius 2 is 2.20 bits per heavy atom. The lowest BCUT2D eigenvalue weighted by atomic mass is 10.2. The second-order valence-electron chi connectivity index (χ2n) is 6.47. The lowest BCUT2D eigenvalue weighted by Crippen LogP contribution is -2.18. The minimum atomic E-state index is 0.334. The molecule has 124 valence electrons. The fraction of sp³-hybridized carbons (Fsp3) is 0.300. The van der Waals surface area contributed by atoms with Gasteiger partial charge in [0.2, 0.25) is 0 Å². The molecular weight excluding hydrogens is 328 g/mol. The van der Waals surface area contributed by atoms with Crippen LogP contribution in [0.2, 0.25) is 0 Å². The maximum absolute atomic E-state index is 4.60. The molecule has 1 fully saturated rings. The highest BCUT2D eigenvalue weighted by molar-refractivity contribution is 7.20. The second kappa shape index (κ2) is 6.14. The number of para-hydroxylation sites is 1. The highest BCUT2D eigenvalue weighted by atomic mass is 32.1. The van der Waals surface area contributed by atoms with Crippen molar-refractivity contribution < 1.29 is 0 Å². The van der Waals surface area contributed by atoms with Gasteiger partial charge in [-0.25, -0.2) is 9.97 Å². The Morgan fingerprint density at radius 1 is 1.24 bits per heavy atom. The van der Waals surface area contributed by atoms with Gasteiger partial charge in [-0.2, -0.15) is 0 Å². The van der Waals surface area contributed by atoms with Crippen LogP contribution in [0.5, 0.6) is 0 Å². The van der Waals surface area contributed by atoms with Gasteiger partial charge >= 0.3 is 0 Å². The van der Waals surface area contributed by atoms with Gasteiger partial charge in [-0.3, -0.25) is 0 Å². The van der Waals surface area contributed by atoms with Crippen molar-refractivity contribution in [2.75, 3.05) is 18.0 Å². The van der Waals surface area contributed by atoms with Gasteiger partial charge in [0.1, 0.15) is 6.33 Å². The zero-order valence-corrected chi connectivity index (χ0v) is 14.6. The first kappa shape index (κ1) is 14.9.